The fourth-order valence-corrected chi connectivity index (χ4v) is 1.51. The van der Waals surface area contributed by atoms with E-state index in [0.29, 0.717) is 5.90 Å². The van der Waals surface area contributed by atoms with Crippen LogP contribution in [-0.2, 0) is 9.53 Å². The lowest BCUT2D eigenvalue weighted by Crippen LogP contribution is -2.32. The van der Waals surface area contributed by atoms with Crippen LogP contribution in [0.25, 0.3) is 6.08 Å². The third-order valence-electron chi connectivity index (χ3n) is 2.24. The quantitative estimate of drug-likeness (QED) is 0.843. The van der Waals surface area contributed by atoms with Crippen molar-refractivity contribution >= 4 is 17.9 Å². The van der Waals surface area contributed by atoms with Crippen molar-refractivity contribution in [1.82, 2.24) is 5.43 Å². The Bertz CT molecular complexity index is 483. The Morgan fingerprint density at radius 1 is 1.35 bits per heavy atom. The molecule has 1 N–H and O–H groups in total. The van der Waals surface area contributed by atoms with Crippen LogP contribution >= 0.6 is 0 Å². The lowest BCUT2D eigenvalue weighted by Gasteiger charge is -2.13. The molecule has 0 unspecified atom stereocenters. The van der Waals surface area contributed by atoms with Gasteiger partial charge in [0.05, 0.1) is 0 Å². The smallest absolute Gasteiger partial charge is 0.278 e. The molecule has 1 aliphatic rings. The van der Waals surface area contributed by atoms with Crippen LogP contribution in [-0.4, -0.2) is 18.4 Å². The van der Waals surface area contributed by atoms with E-state index in [1.54, 1.807) is 0 Å². The molecule has 0 spiro atoms. The summed E-state index contributed by atoms with van der Waals surface area (Å²) >= 11 is 0. The Kier molecular flexibility index (Phi) is 3.23. The highest BCUT2D eigenvalue weighted by Gasteiger charge is 2.13. The summed E-state index contributed by atoms with van der Waals surface area (Å²) in [4.78, 5) is 10.9. The van der Waals surface area contributed by atoms with E-state index in [2.05, 4.69) is 30.5 Å². The summed E-state index contributed by atoms with van der Waals surface area (Å²) in [5.41, 5.74) is 5.63. The van der Waals surface area contributed by atoms with Gasteiger partial charge in [0.25, 0.3) is 5.91 Å². The number of amides is 1. The number of hydrazone groups is 1. The van der Waals surface area contributed by atoms with E-state index >= 15 is 0 Å². The molecule has 1 amide bonds. The van der Waals surface area contributed by atoms with Gasteiger partial charge >= 0.3 is 0 Å². The highest BCUT2D eigenvalue weighted by molar-refractivity contribution is 5.98. The molecule has 0 saturated carbocycles. The van der Waals surface area contributed by atoms with Crippen molar-refractivity contribution in [2.24, 2.45) is 5.10 Å². The maximum atomic E-state index is 10.9. The van der Waals surface area contributed by atoms with Gasteiger partial charge in [0.2, 0.25) is 5.90 Å². The van der Waals surface area contributed by atoms with Crippen LogP contribution in [0.1, 0.15) is 25.0 Å². The molecule has 0 saturated heterocycles. The van der Waals surface area contributed by atoms with Crippen molar-refractivity contribution in [2.45, 2.75) is 13.8 Å². The van der Waals surface area contributed by atoms with Crippen molar-refractivity contribution in [3.05, 3.63) is 41.0 Å². The number of rotatable bonds is 2. The van der Waals surface area contributed by atoms with Gasteiger partial charge in [0.15, 0.2) is 6.61 Å². The first-order valence-electron chi connectivity index (χ1n) is 5.40. The van der Waals surface area contributed by atoms with Gasteiger partial charge < -0.3 is 4.74 Å². The third kappa shape index (κ3) is 2.93. The monoisotopic (exact) mass is 230 g/mol. The van der Waals surface area contributed by atoms with Gasteiger partial charge in [-0.1, -0.05) is 23.8 Å². The summed E-state index contributed by atoms with van der Waals surface area (Å²) in [7, 11) is 0. The van der Waals surface area contributed by atoms with Crippen LogP contribution in [0.15, 0.2) is 34.9 Å². The predicted molar refractivity (Wildman–Crippen MR) is 66.4 cm³/mol. The molecular formula is C13H14N2O2. The van der Waals surface area contributed by atoms with Crippen LogP contribution in [0.4, 0.5) is 0 Å². The maximum Gasteiger partial charge on any atom is 0.278 e. The minimum atomic E-state index is -0.227. The second kappa shape index (κ2) is 4.82. The predicted octanol–water partition coefficient (Wildman–Crippen LogP) is 1.92. The number of hydrogen-bond acceptors (Lipinski definition) is 3. The second-order valence-electron chi connectivity index (χ2n) is 4.08. The minimum absolute atomic E-state index is 0.0224. The Morgan fingerprint density at radius 2 is 2.06 bits per heavy atom. The second-order valence-corrected chi connectivity index (χ2v) is 4.08. The Morgan fingerprint density at radius 3 is 2.59 bits per heavy atom. The van der Waals surface area contributed by atoms with Crippen LogP contribution in [0.3, 0.4) is 0 Å². The molecule has 88 valence electrons. The molecule has 17 heavy (non-hydrogen) atoms. The molecule has 0 atom stereocenters. The van der Waals surface area contributed by atoms with E-state index < -0.39 is 0 Å². The number of hydrogen-bond donors (Lipinski definition) is 1. The standard InChI is InChI=1S/C13H14N2O2/c1-9(2)7-10-3-5-11(6-4-10)13-15-14-12(16)8-17-13/h3-7H,8H2,1-2H3,(H,14,16). The summed E-state index contributed by atoms with van der Waals surface area (Å²) in [6.07, 6.45) is 2.09. The SMILES string of the molecule is CC(C)=Cc1ccc(C2=NNC(=O)CO2)cc1. The summed E-state index contributed by atoms with van der Waals surface area (Å²) in [5.74, 6) is 0.225. The molecule has 4 nitrogen and oxygen atoms in total. The minimum Gasteiger partial charge on any atom is -0.466 e. The molecule has 0 radical (unpaired) electrons. The fraction of sp³-hybridized carbons (Fsp3) is 0.231. The van der Waals surface area contributed by atoms with Gasteiger partial charge in [0, 0.05) is 5.56 Å². The van der Waals surface area contributed by atoms with Crippen molar-refractivity contribution in [2.75, 3.05) is 6.61 Å². The maximum absolute atomic E-state index is 10.9. The third-order valence-corrected chi connectivity index (χ3v) is 2.24. The Labute approximate surface area is 100.0 Å². The molecule has 1 aromatic rings. The van der Waals surface area contributed by atoms with Gasteiger partial charge in [-0.15, -0.1) is 5.10 Å². The largest absolute Gasteiger partial charge is 0.466 e. The lowest BCUT2D eigenvalue weighted by molar-refractivity contribution is -0.124. The number of allylic oxidation sites excluding steroid dienone is 1. The van der Waals surface area contributed by atoms with Gasteiger partial charge in [-0.2, -0.15) is 0 Å². The summed E-state index contributed by atoms with van der Waals surface area (Å²) in [6, 6.07) is 7.82. The van der Waals surface area contributed by atoms with Gasteiger partial charge in [-0.3, -0.25) is 4.79 Å². The van der Waals surface area contributed by atoms with Crippen LogP contribution < -0.4 is 5.43 Å². The molecule has 0 fully saturated rings. The van der Waals surface area contributed by atoms with Gasteiger partial charge in [-0.25, -0.2) is 5.43 Å². The first kappa shape index (κ1) is 11.4. The number of benzene rings is 1. The zero-order valence-electron chi connectivity index (χ0n) is 9.86. The molecule has 4 heteroatoms. The van der Waals surface area contributed by atoms with Crippen LogP contribution in [0.2, 0.25) is 0 Å². The average molecular weight is 230 g/mol. The number of carbonyl (C=O) groups is 1. The van der Waals surface area contributed by atoms with Crippen molar-refractivity contribution < 1.29 is 9.53 Å². The zero-order chi connectivity index (χ0) is 12.3. The molecule has 1 heterocycles. The molecule has 0 aromatic heterocycles. The highest BCUT2D eigenvalue weighted by Crippen LogP contribution is 2.10. The van der Waals surface area contributed by atoms with E-state index in [0.717, 1.165) is 11.1 Å². The lowest BCUT2D eigenvalue weighted by atomic mass is 10.1. The Balaban J connectivity index is 2.18. The van der Waals surface area contributed by atoms with Crippen molar-refractivity contribution in [3.8, 4) is 0 Å². The first-order chi connectivity index (χ1) is 8.15. The summed E-state index contributed by atoms with van der Waals surface area (Å²) in [6.45, 7) is 4.13. The Hall–Kier alpha value is -2.10. The number of ether oxygens (including phenoxy) is 1. The molecule has 1 aromatic carbocycles. The summed E-state index contributed by atoms with van der Waals surface area (Å²) < 4.78 is 5.22. The van der Waals surface area contributed by atoms with Crippen molar-refractivity contribution in [1.29, 1.82) is 0 Å². The highest BCUT2D eigenvalue weighted by atomic mass is 16.5. The van der Waals surface area contributed by atoms with E-state index in [1.807, 2.05) is 24.3 Å². The van der Waals surface area contributed by atoms with Crippen LogP contribution in [0.5, 0.6) is 0 Å². The normalized spacial score (nSPS) is 14.5. The molecule has 1 aliphatic heterocycles. The van der Waals surface area contributed by atoms with Crippen molar-refractivity contribution in [3.63, 3.8) is 0 Å². The topological polar surface area (TPSA) is 50.7 Å². The number of nitrogens with zero attached hydrogens (tertiary/aromatic N) is 1. The fourth-order valence-electron chi connectivity index (χ4n) is 1.51. The molecule has 0 bridgehead atoms. The average Bonchev–Trinajstić information content (AvgIpc) is 2.30. The zero-order valence-corrected chi connectivity index (χ0v) is 9.86. The van der Waals surface area contributed by atoms with Gasteiger partial charge in [-0.05, 0) is 31.5 Å². The van der Waals surface area contributed by atoms with E-state index in [9.17, 15) is 4.79 Å². The number of carbonyl (C=O) groups excluding carboxylic acids is 1. The number of nitrogens with one attached hydrogen (secondary N) is 1. The first-order valence-corrected chi connectivity index (χ1v) is 5.40. The molecule has 2 rings (SSSR count). The molecular weight excluding hydrogens is 216 g/mol. The van der Waals surface area contributed by atoms with Crippen LogP contribution in [0, 0.1) is 0 Å². The summed E-state index contributed by atoms with van der Waals surface area (Å²) in [5, 5.41) is 3.85. The van der Waals surface area contributed by atoms with E-state index in [1.165, 1.54) is 5.57 Å². The van der Waals surface area contributed by atoms with E-state index in [-0.39, 0.29) is 12.5 Å². The van der Waals surface area contributed by atoms with Gasteiger partial charge in [0.1, 0.15) is 0 Å². The molecule has 0 aliphatic carbocycles. The van der Waals surface area contributed by atoms with E-state index in [4.69, 9.17) is 4.74 Å².